The van der Waals surface area contributed by atoms with Gasteiger partial charge in [0.05, 0.1) is 0 Å². The Morgan fingerprint density at radius 1 is 1.65 bits per heavy atom. The number of aliphatic carboxylic acids is 1. The Balaban J connectivity index is 2.01. The van der Waals surface area contributed by atoms with Crippen LogP contribution in [0.3, 0.4) is 0 Å². The monoisotopic (exact) mass is 235 g/mol. The molecule has 0 aliphatic carbocycles. The van der Waals surface area contributed by atoms with Crippen LogP contribution in [0.25, 0.3) is 0 Å². The fraction of sp³-hybridized carbons (Fsp3) is 0.500. The van der Waals surface area contributed by atoms with E-state index >= 15 is 0 Å². The summed E-state index contributed by atoms with van der Waals surface area (Å²) in [5.74, 6) is -0.914. The van der Waals surface area contributed by atoms with Gasteiger partial charge in [-0.05, 0) is 24.5 Å². The van der Waals surface area contributed by atoms with E-state index in [9.17, 15) is 4.79 Å². The molecule has 2 heterocycles. The van der Waals surface area contributed by atoms with E-state index in [1.54, 1.807) is 6.20 Å². The van der Waals surface area contributed by atoms with Crippen molar-refractivity contribution in [2.45, 2.75) is 25.4 Å². The Labute approximate surface area is 100 Å². The van der Waals surface area contributed by atoms with Crippen molar-refractivity contribution in [3.8, 4) is 0 Å². The van der Waals surface area contributed by atoms with Crippen molar-refractivity contribution >= 4 is 5.97 Å². The Morgan fingerprint density at radius 3 is 3.00 bits per heavy atom. The number of nitrogens with two attached hydrogens (primary N) is 1. The molecule has 0 radical (unpaired) electrons. The summed E-state index contributed by atoms with van der Waals surface area (Å²) in [5, 5.41) is 9.04. The summed E-state index contributed by atoms with van der Waals surface area (Å²) in [4.78, 5) is 17.2. The van der Waals surface area contributed by atoms with Gasteiger partial charge in [0.25, 0.3) is 0 Å². The lowest BCUT2D eigenvalue weighted by Crippen LogP contribution is -2.50. The van der Waals surface area contributed by atoms with Crippen molar-refractivity contribution in [2.24, 2.45) is 5.73 Å². The summed E-state index contributed by atoms with van der Waals surface area (Å²) in [7, 11) is 0. The van der Waals surface area contributed by atoms with Gasteiger partial charge in [0.1, 0.15) is 5.54 Å². The SMILES string of the molecule is Cc1cncc(CN2CCC(N)(C(=O)O)C2)c1. The molecule has 1 fully saturated rings. The van der Waals surface area contributed by atoms with E-state index in [-0.39, 0.29) is 0 Å². The van der Waals surface area contributed by atoms with Crippen molar-refractivity contribution in [3.05, 3.63) is 29.6 Å². The molecule has 1 atom stereocenters. The lowest BCUT2D eigenvalue weighted by molar-refractivity contribution is -0.142. The molecule has 92 valence electrons. The van der Waals surface area contributed by atoms with E-state index < -0.39 is 11.5 Å². The minimum Gasteiger partial charge on any atom is -0.480 e. The van der Waals surface area contributed by atoms with Crippen LogP contribution in [0.15, 0.2) is 18.5 Å². The Kier molecular flexibility index (Phi) is 3.13. The first kappa shape index (κ1) is 12.0. The number of hydrogen-bond acceptors (Lipinski definition) is 4. The lowest BCUT2D eigenvalue weighted by Gasteiger charge is -2.20. The number of likely N-dealkylation sites (tertiary alicyclic amines) is 1. The Morgan fingerprint density at radius 2 is 2.41 bits per heavy atom. The third-order valence-electron chi connectivity index (χ3n) is 3.14. The number of pyridine rings is 1. The fourth-order valence-electron chi connectivity index (χ4n) is 2.19. The first-order chi connectivity index (χ1) is 7.99. The number of carboxylic acid groups (broad SMARTS) is 1. The zero-order valence-corrected chi connectivity index (χ0v) is 9.89. The topological polar surface area (TPSA) is 79.5 Å². The molecule has 1 saturated heterocycles. The minimum absolute atomic E-state index is 0.399. The average molecular weight is 235 g/mol. The molecule has 1 aliphatic rings. The number of aromatic nitrogens is 1. The summed E-state index contributed by atoms with van der Waals surface area (Å²) >= 11 is 0. The first-order valence-electron chi connectivity index (χ1n) is 5.65. The number of rotatable bonds is 3. The molecule has 0 amide bonds. The molecule has 5 nitrogen and oxygen atoms in total. The van der Waals surface area contributed by atoms with Gasteiger partial charge in [0, 0.05) is 32.0 Å². The van der Waals surface area contributed by atoms with Crippen LogP contribution < -0.4 is 5.73 Å². The molecule has 0 aromatic carbocycles. The second-order valence-electron chi connectivity index (χ2n) is 4.79. The van der Waals surface area contributed by atoms with Crippen molar-refractivity contribution in [2.75, 3.05) is 13.1 Å². The summed E-state index contributed by atoms with van der Waals surface area (Å²) in [6, 6.07) is 2.06. The second kappa shape index (κ2) is 4.43. The van der Waals surface area contributed by atoms with Crippen LogP contribution in [0.1, 0.15) is 17.5 Å². The number of hydrogen-bond donors (Lipinski definition) is 2. The standard InChI is InChI=1S/C12H17N3O2/c1-9-4-10(6-14-5-9)7-15-3-2-12(13,8-15)11(16)17/h4-6H,2-3,7-8,13H2,1H3,(H,16,17). The zero-order valence-electron chi connectivity index (χ0n) is 9.89. The van der Waals surface area contributed by atoms with Gasteiger partial charge in [-0.1, -0.05) is 6.07 Å². The van der Waals surface area contributed by atoms with Gasteiger partial charge in [0.2, 0.25) is 0 Å². The molecule has 3 N–H and O–H groups in total. The third-order valence-corrected chi connectivity index (χ3v) is 3.14. The molecule has 5 heteroatoms. The molecule has 1 aliphatic heterocycles. The molecular weight excluding hydrogens is 218 g/mol. The van der Waals surface area contributed by atoms with Crippen LogP contribution in [0.4, 0.5) is 0 Å². The smallest absolute Gasteiger partial charge is 0.325 e. The van der Waals surface area contributed by atoms with Gasteiger partial charge in [-0.25, -0.2) is 0 Å². The van der Waals surface area contributed by atoms with Crippen LogP contribution in [-0.2, 0) is 11.3 Å². The van der Waals surface area contributed by atoms with E-state index in [1.165, 1.54) is 0 Å². The van der Waals surface area contributed by atoms with Gasteiger partial charge >= 0.3 is 5.97 Å². The normalized spacial score (nSPS) is 25.1. The minimum atomic E-state index is -1.09. The van der Waals surface area contributed by atoms with E-state index in [0.29, 0.717) is 19.5 Å². The maximum atomic E-state index is 11.0. The quantitative estimate of drug-likeness (QED) is 0.791. The molecule has 0 saturated carbocycles. The van der Waals surface area contributed by atoms with Crippen LogP contribution in [0.2, 0.25) is 0 Å². The number of carboxylic acids is 1. The van der Waals surface area contributed by atoms with Crippen LogP contribution >= 0.6 is 0 Å². The van der Waals surface area contributed by atoms with Crippen molar-refractivity contribution in [1.29, 1.82) is 0 Å². The Bertz CT molecular complexity index is 436. The highest BCUT2D eigenvalue weighted by Gasteiger charge is 2.40. The number of carbonyl (C=O) groups is 1. The highest BCUT2D eigenvalue weighted by Crippen LogP contribution is 2.20. The van der Waals surface area contributed by atoms with Crippen molar-refractivity contribution < 1.29 is 9.90 Å². The van der Waals surface area contributed by atoms with Crippen molar-refractivity contribution in [1.82, 2.24) is 9.88 Å². The number of aryl methyl sites for hydroxylation is 1. The Hall–Kier alpha value is -1.46. The summed E-state index contributed by atoms with van der Waals surface area (Å²) in [5.41, 5.74) is 6.94. The fourth-order valence-corrected chi connectivity index (χ4v) is 2.19. The maximum absolute atomic E-state index is 11.0. The average Bonchev–Trinajstić information content (AvgIpc) is 2.61. The predicted molar refractivity (Wildman–Crippen MR) is 63.4 cm³/mol. The maximum Gasteiger partial charge on any atom is 0.325 e. The molecular formula is C12H17N3O2. The highest BCUT2D eigenvalue weighted by atomic mass is 16.4. The number of nitrogens with zero attached hydrogens (tertiary/aromatic N) is 2. The molecule has 2 rings (SSSR count). The predicted octanol–water partition coefficient (Wildman–Crippen LogP) is 0.378. The van der Waals surface area contributed by atoms with E-state index in [1.807, 2.05) is 13.1 Å². The summed E-state index contributed by atoms with van der Waals surface area (Å²) in [6.45, 7) is 3.82. The lowest BCUT2D eigenvalue weighted by atomic mass is 10.0. The second-order valence-corrected chi connectivity index (χ2v) is 4.79. The van der Waals surface area contributed by atoms with E-state index in [4.69, 9.17) is 10.8 Å². The van der Waals surface area contributed by atoms with Gasteiger partial charge in [0.15, 0.2) is 0 Å². The molecule has 0 spiro atoms. The highest BCUT2D eigenvalue weighted by molar-refractivity contribution is 5.79. The molecule has 1 unspecified atom stereocenters. The first-order valence-corrected chi connectivity index (χ1v) is 5.65. The van der Waals surface area contributed by atoms with Crippen LogP contribution in [0, 0.1) is 6.92 Å². The van der Waals surface area contributed by atoms with Crippen molar-refractivity contribution in [3.63, 3.8) is 0 Å². The van der Waals surface area contributed by atoms with E-state index in [2.05, 4.69) is 16.0 Å². The van der Waals surface area contributed by atoms with Gasteiger partial charge < -0.3 is 10.8 Å². The summed E-state index contributed by atoms with van der Waals surface area (Å²) in [6.07, 6.45) is 4.11. The molecule has 1 aromatic rings. The zero-order chi connectivity index (χ0) is 12.5. The van der Waals surface area contributed by atoms with Gasteiger partial charge in [-0.3, -0.25) is 14.7 Å². The molecule has 0 bridgehead atoms. The molecule has 17 heavy (non-hydrogen) atoms. The third kappa shape index (κ3) is 2.62. The van der Waals surface area contributed by atoms with E-state index in [0.717, 1.165) is 17.7 Å². The largest absolute Gasteiger partial charge is 0.480 e. The summed E-state index contributed by atoms with van der Waals surface area (Å²) < 4.78 is 0. The van der Waals surface area contributed by atoms with Crippen LogP contribution in [0.5, 0.6) is 0 Å². The van der Waals surface area contributed by atoms with Gasteiger partial charge in [-0.15, -0.1) is 0 Å². The molecule has 1 aromatic heterocycles. The van der Waals surface area contributed by atoms with Gasteiger partial charge in [-0.2, -0.15) is 0 Å². The van der Waals surface area contributed by atoms with Crippen LogP contribution in [-0.4, -0.2) is 39.6 Å².